The number of hydrogen-bond donors (Lipinski definition) is 0. The molecule has 0 saturated carbocycles. The van der Waals surface area contributed by atoms with Crippen molar-refractivity contribution in [3.63, 3.8) is 0 Å². The van der Waals surface area contributed by atoms with Crippen LogP contribution in [0.15, 0.2) is 55.2 Å². The van der Waals surface area contributed by atoms with Gasteiger partial charge in [0, 0.05) is 35.7 Å². The van der Waals surface area contributed by atoms with Crippen LogP contribution >= 0.6 is 11.6 Å². The van der Waals surface area contributed by atoms with Crippen LogP contribution < -0.4 is 0 Å². The summed E-state index contributed by atoms with van der Waals surface area (Å²) in [5.74, 6) is 0.715. The Morgan fingerprint density at radius 3 is 2.71 bits per heavy atom. The molecule has 0 N–H and O–H groups in total. The Hall–Kier alpha value is -2.79. The Morgan fingerprint density at radius 1 is 1.00 bits per heavy atom. The SMILES string of the molecule is CCc1cncc(-c2cc3c(cn2)cnn3-c2ccc(Cl)cn2)c1. The standard InChI is InChI=1S/C18H14ClN5/c1-2-12-5-13(8-20-7-12)16-6-17-14(9-21-16)10-23-24(17)18-4-3-15(19)11-22-18/h3-11H,2H2,1H3. The molecule has 5 nitrogen and oxygen atoms in total. The number of fused-ring (bicyclic) bond motifs is 1. The van der Waals surface area contributed by atoms with E-state index in [4.69, 9.17) is 11.6 Å². The van der Waals surface area contributed by atoms with E-state index in [1.54, 1.807) is 23.1 Å². The largest absolute Gasteiger partial charge is 0.264 e. The molecule has 0 aliphatic heterocycles. The molecule has 0 bridgehead atoms. The summed E-state index contributed by atoms with van der Waals surface area (Å²) in [6, 6.07) is 7.76. The maximum Gasteiger partial charge on any atom is 0.154 e. The first-order chi connectivity index (χ1) is 11.7. The first-order valence-corrected chi connectivity index (χ1v) is 8.02. The van der Waals surface area contributed by atoms with Gasteiger partial charge >= 0.3 is 0 Å². The van der Waals surface area contributed by atoms with Crippen molar-refractivity contribution in [3.05, 3.63) is 65.8 Å². The lowest BCUT2D eigenvalue weighted by atomic mass is 10.1. The summed E-state index contributed by atoms with van der Waals surface area (Å²) >= 11 is 5.92. The summed E-state index contributed by atoms with van der Waals surface area (Å²) < 4.78 is 1.79. The highest BCUT2D eigenvalue weighted by Gasteiger charge is 2.09. The molecule has 4 aromatic rings. The van der Waals surface area contributed by atoms with Gasteiger partial charge in [-0.2, -0.15) is 5.10 Å². The third kappa shape index (κ3) is 2.63. The van der Waals surface area contributed by atoms with Gasteiger partial charge in [-0.05, 0) is 36.2 Å². The molecule has 24 heavy (non-hydrogen) atoms. The maximum atomic E-state index is 5.92. The Morgan fingerprint density at radius 2 is 1.92 bits per heavy atom. The van der Waals surface area contributed by atoms with E-state index in [9.17, 15) is 0 Å². The molecule has 0 aromatic carbocycles. The van der Waals surface area contributed by atoms with Crippen molar-refractivity contribution in [2.45, 2.75) is 13.3 Å². The monoisotopic (exact) mass is 335 g/mol. The van der Waals surface area contributed by atoms with Gasteiger partial charge in [-0.3, -0.25) is 9.97 Å². The van der Waals surface area contributed by atoms with E-state index in [1.807, 2.05) is 30.7 Å². The van der Waals surface area contributed by atoms with Crippen LogP contribution in [0.1, 0.15) is 12.5 Å². The van der Waals surface area contributed by atoms with Gasteiger partial charge in [0.2, 0.25) is 0 Å². The van der Waals surface area contributed by atoms with Crippen molar-refractivity contribution in [1.82, 2.24) is 24.7 Å². The quantitative estimate of drug-likeness (QED) is 0.565. The van der Waals surface area contributed by atoms with E-state index in [1.165, 1.54) is 5.56 Å². The van der Waals surface area contributed by atoms with Crippen molar-refractivity contribution in [1.29, 1.82) is 0 Å². The number of aromatic nitrogens is 5. The van der Waals surface area contributed by atoms with Crippen LogP contribution in [0.2, 0.25) is 5.02 Å². The minimum Gasteiger partial charge on any atom is -0.264 e. The molecular weight excluding hydrogens is 322 g/mol. The van der Waals surface area contributed by atoms with Gasteiger partial charge in [-0.15, -0.1) is 0 Å². The first-order valence-electron chi connectivity index (χ1n) is 7.64. The van der Waals surface area contributed by atoms with Crippen molar-refractivity contribution < 1.29 is 0 Å². The van der Waals surface area contributed by atoms with Gasteiger partial charge in [0.15, 0.2) is 5.82 Å². The molecular formula is C18H14ClN5. The summed E-state index contributed by atoms with van der Waals surface area (Å²) in [5.41, 5.74) is 3.98. The molecule has 0 amide bonds. The van der Waals surface area contributed by atoms with Gasteiger partial charge < -0.3 is 0 Å². The number of rotatable bonds is 3. The highest BCUT2D eigenvalue weighted by molar-refractivity contribution is 6.30. The van der Waals surface area contributed by atoms with E-state index in [0.29, 0.717) is 10.8 Å². The zero-order valence-electron chi connectivity index (χ0n) is 13.0. The molecule has 118 valence electrons. The topological polar surface area (TPSA) is 56.5 Å². The Balaban J connectivity index is 1.85. The fraction of sp³-hybridized carbons (Fsp3) is 0.111. The van der Waals surface area contributed by atoms with Crippen LogP contribution in [0.5, 0.6) is 0 Å². The molecule has 0 saturated heterocycles. The molecule has 0 unspecified atom stereocenters. The van der Waals surface area contributed by atoms with E-state index < -0.39 is 0 Å². The zero-order valence-corrected chi connectivity index (χ0v) is 13.8. The summed E-state index contributed by atoms with van der Waals surface area (Å²) in [6.45, 7) is 2.11. The van der Waals surface area contributed by atoms with E-state index in [-0.39, 0.29) is 0 Å². The Bertz CT molecular complexity index is 1010. The van der Waals surface area contributed by atoms with Crippen LogP contribution in [0.25, 0.3) is 28.0 Å². The molecule has 0 aliphatic rings. The van der Waals surface area contributed by atoms with Crippen LogP contribution in [0.4, 0.5) is 0 Å². The predicted molar refractivity (Wildman–Crippen MR) is 94.3 cm³/mol. The van der Waals surface area contributed by atoms with Gasteiger partial charge in [-0.1, -0.05) is 18.5 Å². The molecule has 4 aromatic heterocycles. The number of hydrogen-bond acceptors (Lipinski definition) is 4. The van der Waals surface area contributed by atoms with Gasteiger partial charge in [0.25, 0.3) is 0 Å². The smallest absolute Gasteiger partial charge is 0.154 e. The van der Waals surface area contributed by atoms with Crippen LogP contribution in [-0.2, 0) is 6.42 Å². The van der Waals surface area contributed by atoms with E-state index in [0.717, 1.165) is 28.6 Å². The molecule has 0 fully saturated rings. The first kappa shape index (κ1) is 14.8. The fourth-order valence-corrected chi connectivity index (χ4v) is 2.69. The van der Waals surface area contributed by atoms with Gasteiger partial charge in [0.1, 0.15) is 0 Å². The average Bonchev–Trinajstić information content (AvgIpc) is 3.05. The minimum atomic E-state index is 0.597. The molecule has 0 spiro atoms. The lowest BCUT2D eigenvalue weighted by molar-refractivity contribution is 0.874. The fourth-order valence-electron chi connectivity index (χ4n) is 2.58. The maximum absolute atomic E-state index is 5.92. The van der Waals surface area contributed by atoms with Crippen LogP contribution in [-0.4, -0.2) is 24.7 Å². The molecule has 4 heterocycles. The van der Waals surface area contributed by atoms with Crippen molar-refractivity contribution in [2.24, 2.45) is 0 Å². The van der Waals surface area contributed by atoms with E-state index in [2.05, 4.69) is 33.0 Å². The van der Waals surface area contributed by atoms with Gasteiger partial charge in [0.05, 0.1) is 22.4 Å². The third-order valence-corrected chi connectivity index (χ3v) is 4.10. The number of nitrogens with zero attached hydrogens (tertiary/aromatic N) is 5. The lowest BCUT2D eigenvalue weighted by Crippen LogP contribution is -1.99. The number of aryl methyl sites for hydroxylation is 1. The Kier molecular flexibility index (Phi) is 3.70. The van der Waals surface area contributed by atoms with Crippen molar-refractivity contribution in [2.75, 3.05) is 0 Å². The lowest BCUT2D eigenvalue weighted by Gasteiger charge is -2.05. The highest BCUT2D eigenvalue weighted by Crippen LogP contribution is 2.24. The molecule has 0 atom stereocenters. The molecule has 0 radical (unpaired) electrons. The zero-order chi connectivity index (χ0) is 16.5. The van der Waals surface area contributed by atoms with E-state index >= 15 is 0 Å². The van der Waals surface area contributed by atoms with Gasteiger partial charge in [-0.25, -0.2) is 9.67 Å². The number of pyridine rings is 3. The average molecular weight is 336 g/mol. The summed E-state index contributed by atoms with van der Waals surface area (Å²) in [7, 11) is 0. The van der Waals surface area contributed by atoms with Crippen LogP contribution in [0, 0.1) is 0 Å². The summed E-state index contributed by atoms with van der Waals surface area (Å²) in [4.78, 5) is 13.2. The second-order valence-corrected chi connectivity index (χ2v) is 5.89. The summed E-state index contributed by atoms with van der Waals surface area (Å²) in [5, 5.41) is 5.97. The molecule has 6 heteroatoms. The molecule has 0 aliphatic carbocycles. The minimum absolute atomic E-state index is 0.597. The Labute approximate surface area is 144 Å². The number of halogens is 1. The third-order valence-electron chi connectivity index (χ3n) is 3.88. The van der Waals surface area contributed by atoms with Crippen LogP contribution in [0.3, 0.4) is 0 Å². The normalized spacial score (nSPS) is 11.1. The molecule has 4 rings (SSSR count). The van der Waals surface area contributed by atoms with Crippen molar-refractivity contribution in [3.8, 4) is 17.1 Å². The highest BCUT2D eigenvalue weighted by atomic mass is 35.5. The second kappa shape index (κ2) is 6.02. The predicted octanol–water partition coefficient (Wildman–Crippen LogP) is 4.09. The summed E-state index contributed by atoms with van der Waals surface area (Å²) in [6.07, 6.45) is 9.86. The van der Waals surface area contributed by atoms with Crippen molar-refractivity contribution >= 4 is 22.5 Å². The second-order valence-electron chi connectivity index (χ2n) is 5.45.